The van der Waals surface area contributed by atoms with Crippen LogP contribution in [0, 0.1) is 0 Å². The lowest BCUT2D eigenvalue weighted by Gasteiger charge is -2.31. The first-order chi connectivity index (χ1) is 37.7. The lowest BCUT2D eigenvalue weighted by molar-refractivity contribution is 1.28. The quantitative estimate of drug-likeness (QED) is 0.120. The Morgan fingerprint density at radius 1 is 0.171 bits per heavy atom. The molecule has 76 heavy (non-hydrogen) atoms. The first-order valence-electron chi connectivity index (χ1n) is 26.1. The molecule has 2 nitrogen and oxygen atoms in total. The SMILES string of the molecule is c1ccc(-c2ccc(N(c3ccc(-c4ccc5ccccc5c4)cc3)c3ccccc3-c3ccccc3-c3ccccc3N(c3ccc(-c4ccccc4)cc3)c3ccc(-c4ccccc4)c4ccccc34)cc2)cc1. The fraction of sp³-hybridized carbons (Fsp3) is 0. The molecule has 13 aromatic rings. The van der Waals surface area contributed by atoms with Crippen molar-refractivity contribution < 1.29 is 0 Å². The van der Waals surface area contributed by atoms with Crippen LogP contribution in [0.2, 0.25) is 0 Å². The maximum Gasteiger partial charge on any atom is 0.0540 e. The molecular formula is C74H52N2. The highest BCUT2D eigenvalue weighted by atomic mass is 15.2. The topological polar surface area (TPSA) is 6.48 Å². The highest BCUT2D eigenvalue weighted by Crippen LogP contribution is 2.49. The van der Waals surface area contributed by atoms with Crippen molar-refractivity contribution in [1.82, 2.24) is 0 Å². The van der Waals surface area contributed by atoms with Crippen LogP contribution in [0.3, 0.4) is 0 Å². The average Bonchev–Trinajstić information content (AvgIpc) is 3.53. The highest BCUT2D eigenvalue weighted by Gasteiger charge is 2.24. The second kappa shape index (κ2) is 20.5. The van der Waals surface area contributed by atoms with E-state index in [9.17, 15) is 0 Å². The van der Waals surface area contributed by atoms with Crippen molar-refractivity contribution in [3.05, 3.63) is 315 Å². The summed E-state index contributed by atoms with van der Waals surface area (Å²) in [6, 6.07) is 114. The molecule has 0 N–H and O–H groups in total. The van der Waals surface area contributed by atoms with E-state index in [0.29, 0.717) is 0 Å². The molecule has 0 unspecified atom stereocenters. The predicted octanol–water partition coefficient (Wildman–Crippen LogP) is 20.9. The Kier molecular flexibility index (Phi) is 12.3. The summed E-state index contributed by atoms with van der Waals surface area (Å²) in [6.45, 7) is 0. The van der Waals surface area contributed by atoms with Gasteiger partial charge in [0.05, 0.1) is 17.1 Å². The van der Waals surface area contributed by atoms with Crippen LogP contribution in [0.25, 0.3) is 88.3 Å². The molecular weight excluding hydrogens is 917 g/mol. The van der Waals surface area contributed by atoms with Crippen molar-refractivity contribution in [3.63, 3.8) is 0 Å². The molecule has 0 amide bonds. The number of anilines is 6. The van der Waals surface area contributed by atoms with Gasteiger partial charge in [-0.05, 0) is 132 Å². The van der Waals surface area contributed by atoms with Gasteiger partial charge in [0, 0.05) is 33.6 Å². The van der Waals surface area contributed by atoms with Crippen LogP contribution < -0.4 is 9.80 Å². The third kappa shape index (κ3) is 8.89. The second-order valence-corrected chi connectivity index (χ2v) is 19.2. The minimum absolute atomic E-state index is 1.07. The molecule has 0 fully saturated rings. The molecule has 0 aromatic heterocycles. The van der Waals surface area contributed by atoms with Crippen molar-refractivity contribution >= 4 is 55.7 Å². The predicted molar refractivity (Wildman–Crippen MR) is 323 cm³/mol. The number of rotatable bonds is 12. The molecule has 0 bridgehead atoms. The van der Waals surface area contributed by atoms with Crippen LogP contribution >= 0.6 is 0 Å². The minimum Gasteiger partial charge on any atom is -0.310 e. The molecule has 13 rings (SSSR count). The summed E-state index contributed by atoms with van der Waals surface area (Å²) in [7, 11) is 0. The van der Waals surface area contributed by atoms with E-state index < -0.39 is 0 Å². The molecule has 0 radical (unpaired) electrons. The van der Waals surface area contributed by atoms with Gasteiger partial charge in [0.2, 0.25) is 0 Å². The number of hydrogen-bond donors (Lipinski definition) is 0. The molecule has 358 valence electrons. The monoisotopic (exact) mass is 968 g/mol. The first-order valence-corrected chi connectivity index (χ1v) is 26.1. The fourth-order valence-electron chi connectivity index (χ4n) is 11.0. The van der Waals surface area contributed by atoms with Gasteiger partial charge < -0.3 is 9.80 Å². The van der Waals surface area contributed by atoms with Crippen LogP contribution in [-0.2, 0) is 0 Å². The third-order valence-electron chi connectivity index (χ3n) is 14.7. The van der Waals surface area contributed by atoms with E-state index in [-0.39, 0.29) is 0 Å². The molecule has 2 heteroatoms. The molecule has 13 aromatic carbocycles. The van der Waals surface area contributed by atoms with E-state index in [1.54, 1.807) is 0 Å². The maximum atomic E-state index is 2.46. The Morgan fingerprint density at radius 3 is 1.08 bits per heavy atom. The number of hydrogen-bond acceptors (Lipinski definition) is 2. The molecule has 0 aliphatic rings. The summed E-state index contributed by atoms with van der Waals surface area (Å²) in [5.74, 6) is 0. The average molecular weight is 969 g/mol. The molecule has 0 aliphatic carbocycles. The van der Waals surface area contributed by atoms with Crippen LogP contribution in [0.5, 0.6) is 0 Å². The number of para-hydroxylation sites is 2. The summed E-state index contributed by atoms with van der Waals surface area (Å²) in [5, 5.41) is 4.84. The zero-order chi connectivity index (χ0) is 50.6. The maximum absolute atomic E-state index is 2.46. The normalized spacial score (nSPS) is 11.2. The number of benzene rings is 13. The second-order valence-electron chi connectivity index (χ2n) is 19.2. The van der Waals surface area contributed by atoms with Gasteiger partial charge in [-0.25, -0.2) is 0 Å². The van der Waals surface area contributed by atoms with Gasteiger partial charge in [-0.2, -0.15) is 0 Å². The van der Waals surface area contributed by atoms with E-state index >= 15 is 0 Å². The van der Waals surface area contributed by atoms with E-state index in [0.717, 1.165) is 56.4 Å². The van der Waals surface area contributed by atoms with Gasteiger partial charge in [0.1, 0.15) is 0 Å². The molecule has 0 saturated heterocycles. The van der Waals surface area contributed by atoms with Gasteiger partial charge in [-0.15, -0.1) is 0 Å². The van der Waals surface area contributed by atoms with Crippen LogP contribution in [0.15, 0.2) is 315 Å². The minimum atomic E-state index is 1.07. The van der Waals surface area contributed by atoms with E-state index in [4.69, 9.17) is 0 Å². The highest BCUT2D eigenvalue weighted by molar-refractivity contribution is 6.08. The molecule has 0 aliphatic heterocycles. The Bertz CT molecular complexity index is 4130. The van der Waals surface area contributed by atoms with Crippen LogP contribution in [-0.4, -0.2) is 0 Å². The number of fused-ring (bicyclic) bond motifs is 2. The lowest BCUT2D eigenvalue weighted by atomic mass is 9.91. The van der Waals surface area contributed by atoms with E-state index in [1.807, 2.05) is 0 Å². The Hall–Kier alpha value is -10.0. The van der Waals surface area contributed by atoms with E-state index in [2.05, 4.69) is 325 Å². The Labute approximate surface area is 445 Å². The number of nitrogens with zero attached hydrogens (tertiary/aromatic N) is 2. The third-order valence-corrected chi connectivity index (χ3v) is 14.7. The Morgan fingerprint density at radius 2 is 0.539 bits per heavy atom. The molecule has 0 saturated carbocycles. The van der Waals surface area contributed by atoms with Crippen LogP contribution in [0.1, 0.15) is 0 Å². The summed E-state index contributed by atoms with van der Waals surface area (Å²) >= 11 is 0. The summed E-state index contributed by atoms with van der Waals surface area (Å²) in [6.07, 6.45) is 0. The van der Waals surface area contributed by atoms with Crippen molar-refractivity contribution in [2.75, 3.05) is 9.80 Å². The summed E-state index contributed by atoms with van der Waals surface area (Å²) in [4.78, 5) is 4.87. The van der Waals surface area contributed by atoms with Gasteiger partial charge in [0.25, 0.3) is 0 Å². The van der Waals surface area contributed by atoms with Crippen molar-refractivity contribution in [2.24, 2.45) is 0 Å². The van der Waals surface area contributed by atoms with Gasteiger partial charge in [-0.1, -0.05) is 255 Å². The van der Waals surface area contributed by atoms with Crippen LogP contribution in [0.4, 0.5) is 34.1 Å². The first kappa shape index (κ1) is 45.8. The molecule has 0 atom stereocenters. The molecule has 0 spiro atoms. The van der Waals surface area contributed by atoms with Gasteiger partial charge in [0.15, 0.2) is 0 Å². The summed E-state index contributed by atoms with van der Waals surface area (Å²) < 4.78 is 0. The summed E-state index contributed by atoms with van der Waals surface area (Å²) in [5.41, 5.74) is 20.5. The van der Waals surface area contributed by atoms with Gasteiger partial charge in [-0.3, -0.25) is 0 Å². The zero-order valence-corrected chi connectivity index (χ0v) is 41.9. The smallest absolute Gasteiger partial charge is 0.0540 e. The van der Waals surface area contributed by atoms with Crippen molar-refractivity contribution in [2.45, 2.75) is 0 Å². The Balaban J connectivity index is 0.968. The molecule has 0 heterocycles. The van der Waals surface area contributed by atoms with Gasteiger partial charge >= 0.3 is 0 Å². The van der Waals surface area contributed by atoms with E-state index in [1.165, 1.54) is 66.1 Å². The zero-order valence-electron chi connectivity index (χ0n) is 41.9. The standard InChI is InChI=1S/C74H52N2/c1-4-20-53(21-5-1)56-38-44-62(45-39-56)75(63-46-42-58(43-47-63)61-37-36-55-24-10-11-27-60(55)52-61)72-34-18-16-32-70(72)67-29-12-13-30-68(67)71-33-17-19-35-73(71)76(64-48-40-57(41-49-64)54-22-6-2-7-23-54)74-51-50-65(59-25-8-3-9-26-59)66-28-14-15-31-69(66)74/h1-52H. The van der Waals surface area contributed by atoms with Crippen molar-refractivity contribution in [1.29, 1.82) is 0 Å². The fourth-order valence-corrected chi connectivity index (χ4v) is 11.0. The largest absolute Gasteiger partial charge is 0.310 e. The van der Waals surface area contributed by atoms with Crippen molar-refractivity contribution in [3.8, 4) is 66.8 Å². The lowest BCUT2D eigenvalue weighted by Crippen LogP contribution is -2.12.